The highest BCUT2D eigenvalue weighted by Gasteiger charge is 2.42. The van der Waals surface area contributed by atoms with Crippen LogP contribution in [0.4, 0.5) is 0 Å². The van der Waals surface area contributed by atoms with Crippen LogP contribution in [0.5, 0.6) is 5.75 Å². The lowest BCUT2D eigenvalue weighted by molar-refractivity contribution is 0.410. The molecule has 3 heteroatoms. The van der Waals surface area contributed by atoms with E-state index < -0.39 is 0 Å². The Morgan fingerprint density at radius 2 is 2.07 bits per heavy atom. The van der Waals surface area contributed by atoms with Crippen LogP contribution in [0.2, 0.25) is 0 Å². The maximum absolute atomic E-state index is 6.21. The quantitative estimate of drug-likeness (QED) is 0.882. The summed E-state index contributed by atoms with van der Waals surface area (Å²) in [6.45, 7) is 2.09. The molecule has 2 N–H and O–H groups in total. The van der Waals surface area contributed by atoms with Crippen LogP contribution in [0.3, 0.4) is 0 Å². The standard InChI is InChI=1S/C11H14BrNO/c1-7-3-4-8(14-2)10(12)9(7)11(13)5-6-11/h3-4H,5-6,13H2,1-2H3. The van der Waals surface area contributed by atoms with Crippen molar-refractivity contribution in [1.82, 2.24) is 0 Å². The fraction of sp³-hybridized carbons (Fsp3) is 0.455. The average molecular weight is 256 g/mol. The molecule has 2 nitrogen and oxygen atoms in total. The molecule has 1 aliphatic carbocycles. The summed E-state index contributed by atoms with van der Waals surface area (Å²) in [5.74, 6) is 0.863. The molecule has 1 aliphatic rings. The SMILES string of the molecule is COc1ccc(C)c(C2(N)CC2)c1Br. The summed E-state index contributed by atoms with van der Waals surface area (Å²) < 4.78 is 6.28. The molecule has 1 fully saturated rings. The van der Waals surface area contributed by atoms with Gasteiger partial charge < -0.3 is 10.5 Å². The van der Waals surface area contributed by atoms with Gasteiger partial charge in [-0.3, -0.25) is 0 Å². The average Bonchev–Trinajstić information content (AvgIpc) is 2.85. The second kappa shape index (κ2) is 3.24. The molecular formula is C11H14BrNO. The summed E-state index contributed by atoms with van der Waals surface area (Å²) in [4.78, 5) is 0. The van der Waals surface area contributed by atoms with Crippen LogP contribution in [0.15, 0.2) is 16.6 Å². The summed E-state index contributed by atoms with van der Waals surface area (Å²) in [6, 6.07) is 4.03. The maximum Gasteiger partial charge on any atom is 0.133 e. The molecule has 1 saturated carbocycles. The lowest BCUT2D eigenvalue weighted by Crippen LogP contribution is -2.20. The highest BCUT2D eigenvalue weighted by molar-refractivity contribution is 9.10. The lowest BCUT2D eigenvalue weighted by Gasteiger charge is -2.17. The van der Waals surface area contributed by atoms with Crippen molar-refractivity contribution in [1.29, 1.82) is 0 Å². The van der Waals surface area contributed by atoms with Crippen LogP contribution in [0.1, 0.15) is 24.0 Å². The Bertz CT molecular complexity index is 372. The number of ether oxygens (including phenoxy) is 1. The minimum Gasteiger partial charge on any atom is -0.496 e. The molecular weight excluding hydrogens is 242 g/mol. The van der Waals surface area contributed by atoms with Gasteiger partial charge in [-0.1, -0.05) is 6.07 Å². The highest BCUT2D eigenvalue weighted by atomic mass is 79.9. The summed E-state index contributed by atoms with van der Waals surface area (Å²) in [5.41, 5.74) is 8.53. The van der Waals surface area contributed by atoms with E-state index in [1.807, 2.05) is 6.07 Å². The van der Waals surface area contributed by atoms with Gasteiger partial charge in [0.05, 0.1) is 11.6 Å². The van der Waals surface area contributed by atoms with E-state index in [1.165, 1.54) is 11.1 Å². The number of hydrogen-bond donors (Lipinski definition) is 1. The van der Waals surface area contributed by atoms with Crippen molar-refractivity contribution in [3.05, 3.63) is 27.7 Å². The topological polar surface area (TPSA) is 35.2 Å². The van der Waals surface area contributed by atoms with Crippen molar-refractivity contribution in [2.45, 2.75) is 25.3 Å². The number of methoxy groups -OCH3 is 1. The van der Waals surface area contributed by atoms with E-state index in [-0.39, 0.29) is 5.54 Å². The monoisotopic (exact) mass is 255 g/mol. The van der Waals surface area contributed by atoms with Crippen LogP contribution in [0, 0.1) is 6.92 Å². The van der Waals surface area contributed by atoms with E-state index in [4.69, 9.17) is 10.5 Å². The number of nitrogens with two attached hydrogens (primary N) is 1. The molecule has 0 aromatic heterocycles. The van der Waals surface area contributed by atoms with Gasteiger partial charge >= 0.3 is 0 Å². The summed E-state index contributed by atoms with van der Waals surface area (Å²) in [5, 5.41) is 0. The predicted octanol–water partition coefficient (Wildman–Crippen LogP) is 2.71. The van der Waals surface area contributed by atoms with Gasteiger partial charge in [-0.05, 0) is 52.9 Å². The van der Waals surface area contributed by atoms with Crippen molar-refractivity contribution in [3.63, 3.8) is 0 Å². The summed E-state index contributed by atoms with van der Waals surface area (Å²) in [6.07, 6.45) is 2.14. The number of rotatable bonds is 2. The molecule has 0 heterocycles. The minimum absolute atomic E-state index is 0.114. The van der Waals surface area contributed by atoms with Crippen molar-refractivity contribution in [3.8, 4) is 5.75 Å². The molecule has 2 rings (SSSR count). The molecule has 0 amide bonds. The van der Waals surface area contributed by atoms with Crippen LogP contribution >= 0.6 is 15.9 Å². The Morgan fingerprint density at radius 1 is 1.43 bits per heavy atom. The largest absolute Gasteiger partial charge is 0.496 e. The number of benzene rings is 1. The third-order valence-electron chi connectivity index (χ3n) is 2.82. The molecule has 0 spiro atoms. The number of hydrogen-bond acceptors (Lipinski definition) is 2. The number of aryl methyl sites for hydroxylation is 1. The Labute approximate surface area is 92.6 Å². The van der Waals surface area contributed by atoms with Gasteiger partial charge in [-0.2, -0.15) is 0 Å². The van der Waals surface area contributed by atoms with E-state index in [0.717, 1.165) is 23.1 Å². The van der Waals surface area contributed by atoms with Crippen molar-refractivity contribution in [2.24, 2.45) is 5.73 Å². The molecule has 0 unspecified atom stereocenters. The molecule has 1 aromatic carbocycles. The van der Waals surface area contributed by atoms with Gasteiger partial charge in [0, 0.05) is 5.54 Å². The zero-order chi connectivity index (χ0) is 10.3. The van der Waals surface area contributed by atoms with E-state index in [9.17, 15) is 0 Å². The van der Waals surface area contributed by atoms with Crippen molar-refractivity contribution in [2.75, 3.05) is 7.11 Å². The molecule has 0 saturated heterocycles. The maximum atomic E-state index is 6.21. The first-order chi connectivity index (χ1) is 6.58. The highest BCUT2D eigenvalue weighted by Crippen LogP contribution is 2.49. The van der Waals surface area contributed by atoms with E-state index in [1.54, 1.807) is 7.11 Å². The van der Waals surface area contributed by atoms with Gasteiger partial charge in [0.25, 0.3) is 0 Å². The van der Waals surface area contributed by atoms with Crippen molar-refractivity contribution >= 4 is 15.9 Å². The van der Waals surface area contributed by atoms with Crippen LogP contribution in [0.25, 0.3) is 0 Å². The molecule has 0 atom stereocenters. The third kappa shape index (κ3) is 1.44. The van der Waals surface area contributed by atoms with Crippen LogP contribution in [-0.4, -0.2) is 7.11 Å². The Kier molecular flexibility index (Phi) is 2.32. The predicted molar refractivity (Wildman–Crippen MR) is 60.5 cm³/mol. The van der Waals surface area contributed by atoms with E-state index in [0.29, 0.717) is 0 Å². The molecule has 14 heavy (non-hydrogen) atoms. The Hall–Kier alpha value is -0.540. The van der Waals surface area contributed by atoms with E-state index >= 15 is 0 Å². The van der Waals surface area contributed by atoms with E-state index in [2.05, 4.69) is 28.9 Å². The van der Waals surface area contributed by atoms with Gasteiger partial charge in [0.15, 0.2) is 0 Å². The summed E-state index contributed by atoms with van der Waals surface area (Å²) in [7, 11) is 1.68. The first kappa shape index (κ1) is 9.99. The molecule has 1 aromatic rings. The fourth-order valence-electron chi connectivity index (χ4n) is 1.81. The van der Waals surface area contributed by atoms with Gasteiger partial charge in [0.1, 0.15) is 5.75 Å². The normalized spacial score (nSPS) is 18.0. The first-order valence-electron chi connectivity index (χ1n) is 4.71. The minimum atomic E-state index is -0.114. The number of halogens is 1. The van der Waals surface area contributed by atoms with Crippen molar-refractivity contribution < 1.29 is 4.74 Å². The molecule has 76 valence electrons. The second-order valence-corrected chi connectivity index (χ2v) is 4.72. The van der Waals surface area contributed by atoms with Gasteiger partial charge in [-0.15, -0.1) is 0 Å². The molecule has 0 aliphatic heterocycles. The fourth-order valence-corrected chi connectivity index (χ4v) is 2.81. The Morgan fingerprint density at radius 3 is 2.57 bits per heavy atom. The zero-order valence-electron chi connectivity index (χ0n) is 8.43. The Balaban J connectivity index is 2.56. The molecule has 0 bridgehead atoms. The first-order valence-corrected chi connectivity index (χ1v) is 5.50. The second-order valence-electron chi connectivity index (χ2n) is 3.93. The van der Waals surface area contributed by atoms with Crippen LogP contribution < -0.4 is 10.5 Å². The zero-order valence-corrected chi connectivity index (χ0v) is 10.0. The van der Waals surface area contributed by atoms with Gasteiger partial charge in [0.2, 0.25) is 0 Å². The lowest BCUT2D eigenvalue weighted by atomic mass is 10.00. The van der Waals surface area contributed by atoms with Gasteiger partial charge in [-0.25, -0.2) is 0 Å². The molecule has 0 radical (unpaired) electrons. The summed E-state index contributed by atoms with van der Waals surface area (Å²) >= 11 is 3.56. The third-order valence-corrected chi connectivity index (χ3v) is 3.61. The van der Waals surface area contributed by atoms with Crippen LogP contribution in [-0.2, 0) is 5.54 Å². The smallest absolute Gasteiger partial charge is 0.133 e.